The third-order valence-electron chi connectivity index (χ3n) is 6.84. The van der Waals surface area contributed by atoms with Gasteiger partial charge in [-0.15, -0.1) is 0 Å². The Morgan fingerprint density at radius 3 is 2.13 bits per heavy atom. The van der Waals surface area contributed by atoms with Crippen LogP contribution in [-0.2, 0) is 22.4 Å². The predicted octanol–water partition coefficient (Wildman–Crippen LogP) is 3.89. The Bertz CT molecular complexity index is 992. The molecule has 2 aromatic rings. The molecule has 5 nitrogen and oxygen atoms in total. The average molecular weight is 441 g/mol. The molecule has 2 aliphatic heterocycles. The summed E-state index contributed by atoms with van der Waals surface area (Å²) in [6, 6.07) is 13.3. The maximum atomic E-state index is 13.0. The highest BCUT2D eigenvalue weighted by Crippen LogP contribution is 2.40. The SMILES string of the molecule is COc1cccc(CC(=O)N2CCC3(CCN(C(=O)Cc4ccccc4Cl)C3)C2)c1C. The van der Waals surface area contributed by atoms with Crippen molar-refractivity contribution in [3.63, 3.8) is 0 Å². The first-order valence-corrected chi connectivity index (χ1v) is 11.2. The lowest BCUT2D eigenvalue weighted by atomic mass is 9.86. The van der Waals surface area contributed by atoms with Crippen LogP contribution in [0.1, 0.15) is 29.5 Å². The number of carbonyl (C=O) groups excluding carboxylic acids is 2. The number of hydrogen-bond donors (Lipinski definition) is 0. The molecule has 31 heavy (non-hydrogen) atoms. The molecule has 1 unspecified atom stereocenters. The second kappa shape index (κ2) is 8.91. The number of likely N-dealkylation sites (tertiary alicyclic amines) is 2. The minimum Gasteiger partial charge on any atom is -0.496 e. The number of hydrogen-bond acceptors (Lipinski definition) is 3. The number of benzene rings is 2. The number of halogens is 1. The molecule has 2 fully saturated rings. The van der Waals surface area contributed by atoms with Crippen molar-refractivity contribution in [3.8, 4) is 5.75 Å². The zero-order valence-corrected chi connectivity index (χ0v) is 19.0. The van der Waals surface area contributed by atoms with E-state index in [4.69, 9.17) is 16.3 Å². The van der Waals surface area contributed by atoms with Crippen molar-refractivity contribution in [2.75, 3.05) is 33.3 Å². The summed E-state index contributed by atoms with van der Waals surface area (Å²) < 4.78 is 5.38. The summed E-state index contributed by atoms with van der Waals surface area (Å²) in [5.74, 6) is 1.07. The molecule has 6 heteroatoms. The second-order valence-electron chi connectivity index (χ2n) is 8.82. The minimum absolute atomic E-state index is 0.0230. The van der Waals surface area contributed by atoms with Crippen LogP contribution >= 0.6 is 11.6 Å². The van der Waals surface area contributed by atoms with Crippen LogP contribution in [0.5, 0.6) is 5.75 Å². The zero-order valence-electron chi connectivity index (χ0n) is 18.2. The third kappa shape index (κ3) is 4.57. The van der Waals surface area contributed by atoms with E-state index in [9.17, 15) is 9.59 Å². The first kappa shape index (κ1) is 21.7. The molecule has 1 atom stereocenters. The minimum atomic E-state index is 0.0230. The molecule has 2 aromatic carbocycles. The first-order chi connectivity index (χ1) is 14.9. The van der Waals surface area contributed by atoms with Gasteiger partial charge in [-0.05, 0) is 48.6 Å². The van der Waals surface area contributed by atoms with E-state index in [-0.39, 0.29) is 17.2 Å². The van der Waals surface area contributed by atoms with Gasteiger partial charge in [-0.1, -0.05) is 41.9 Å². The fraction of sp³-hybridized carbons (Fsp3) is 0.440. The van der Waals surface area contributed by atoms with Gasteiger partial charge in [-0.25, -0.2) is 0 Å². The van der Waals surface area contributed by atoms with E-state index in [1.54, 1.807) is 7.11 Å². The monoisotopic (exact) mass is 440 g/mol. The van der Waals surface area contributed by atoms with Crippen molar-refractivity contribution in [2.24, 2.45) is 5.41 Å². The van der Waals surface area contributed by atoms with E-state index in [0.29, 0.717) is 17.9 Å². The number of rotatable bonds is 5. The molecule has 2 amide bonds. The highest BCUT2D eigenvalue weighted by Gasteiger charge is 2.45. The van der Waals surface area contributed by atoms with Gasteiger partial charge in [-0.2, -0.15) is 0 Å². The summed E-state index contributed by atoms with van der Waals surface area (Å²) >= 11 is 6.22. The zero-order chi connectivity index (χ0) is 22.0. The van der Waals surface area contributed by atoms with E-state index < -0.39 is 0 Å². The van der Waals surface area contributed by atoms with Gasteiger partial charge in [0, 0.05) is 36.6 Å². The summed E-state index contributed by atoms with van der Waals surface area (Å²) in [4.78, 5) is 29.7. The molecule has 0 aromatic heterocycles. The molecule has 0 radical (unpaired) electrons. The predicted molar refractivity (Wildman–Crippen MR) is 121 cm³/mol. The van der Waals surface area contributed by atoms with Crippen LogP contribution in [0, 0.1) is 12.3 Å². The van der Waals surface area contributed by atoms with Gasteiger partial charge in [0.25, 0.3) is 0 Å². The molecule has 0 N–H and O–H groups in total. The smallest absolute Gasteiger partial charge is 0.227 e. The Morgan fingerprint density at radius 2 is 1.52 bits per heavy atom. The third-order valence-corrected chi connectivity index (χ3v) is 7.21. The normalized spacial score (nSPS) is 20.5. The molecule has 1 spiro atoms. The quantitative estimate of drug-likeness (QED) is 0.708. The molecular formula is C25H29ClN2O3. The van der Waals surface area contributed by atoms with E-state index in [1.165, 1.54) is 0 Å². The summed E-state index contributed by atoms with van der Waals surface area (Å²) in [5, 5.41) is 0.634. The maximum Gasteiger partial charge on any atom is 0.227 e. The number of ether oxygens (including phenoxy) is 1. The van der Waals surface area contributed by atoms with Gasteiger partial charge in [0.05, 0.1) is 20.0 Å². The van der Waals surface area contributed by atoms with Crippen molar-refractivity contribution in [3.05, 3.63) is 64.2 Å². The Balaban J connectivity index is 1.36. The largest absolute Gasteiger partial charge is 0.496 e. The first-order valence-electron chi connectivity index (χ1n) is 10.8. The topological polar surface area (TPSA) is 49.9 Å². The molecular weight excluding hydrogens is 412 g/mol. The number of carbonyl (C=O) groups is 2. The van der Waals surface area contributed by atoms with Crippen molar-refractivity contribution >= 4 is 23.4 Å². The molecule has 2 heterocycles. The maximum absolute atomic E-state index is 13.0. The molecule has 0 saturated carbocycles. The van der Waals surface area contributed by atoms with Crippen molar-refractivity contribution in [2.45, 2.75) is 32.6 Å². The van der Waals surface area contributed by atoms with Crippen LogP contribution in [0.25, 0.3) is 0 Å². The van der Waals surface area contributed by atoms with E-state index in [0.717, 1.165) is 61.5 Å². The van der Waals surface area contributed by atoms with E-state index in [1.807, 2.05) is 59.2 Å². The van der Waals surface area contributed by atoms with Gasteiger partial charge >= 0.3 is 0 Å². The fourth-order valence-electron chi connectivity index (χ4n) is 4.89. The van der Waals surface area contributed by atoms with E-state index in [2.05, 4.69) is 0 Å². The van der Waals surface area contributed by atoms with Gasteiger partial charge in [0.1, 0.15) is 5.75 Å². The molecule has 0 aliphatic carbocycles. The highest BCUT2D eigenvalue weighted by atomic mass is 35.5. The number of nitrogens with zero attached hydrogens (tertiary/aromatic N) is 2. The van der Waals surface area contributed by atoms with Crippen LogP contribution in [0.15, 0.2) is 42.5 Å². The van der Waals surface area contributed by atoms with E-state index >= 15 is 0 Å². The Labute approximate surface area is 188 Å². The summed E-state index contributed by atoms with van der Waals surface area (Å²) in [5.41, 5.74) is 2.92. The van der Waals surface area contributed by atoms with Gasteiger partial charge in [-0.3, -0.25) is 9.59 Å². The van der Waals surface area contributed by atoms with Crippen molar-refractivity contribution in [1.82, 2.24) is 9.80 Å². The molecule has 2 aliphatic rings. The number of amides is 2. The summed E-state index contributed by atoms with van der Waals surface area (Å²) in [6.45, 7) is 4.95. The Morgan fingerprint density at radius 1 is 0.935 bits per heavy atom. The summed E-state index contributed by atoms with van der Waals surface area (Å²) in [7, 11) is 1.65. The second-order valence-corrected chi connectivity index (χ2v) is 9.23. The van der Waals surface area contributed by atoms with Gasteiger partial charge in [0.15, 0.2) is 0 Å². The highest BCUT2D eigenvalue weighted by molar-refractivity contribution is 6.31. The lowest BCUT2D eigenvalue weighted by Gasteiger charge is -2.25. The van der Waals surface area contributed by atoms with Crippen LogP contribution in [0.3, 0.4) is 0 Å². The molecule has 164 valence electrons. The fourth-order valence-corrected chi connectivity index (χ4v) is 5.10. The van der Waals surface area contributed by atoms with Crippen LogP contribution in [0.4, 0.5) is 0 Å². The van der Waals surface area contributed by atoms with Crippen LogP contribution in [-0.4, -0.2) is 54.9 Å². The van der Waals surface area contributed by atoms with Gasteiger partial charge < -0.3 is 14.5 Å². The standard InChI is InChI=1S/C25H29ClN2O3/c1-18-19(7-5-9-22(18)31-2)14-23(29)27-12-10-25(16-27)11-13-28(17-25)24(30)15-20-6-3-4-8-21(20)26/h3-9H,10-17H2,1-2H3. The van der Waals surface area contributed by atoms with Crippen LogP contribution in [0.2, 0.25) is 5.02 Å². The van der Waals surface area contributed by atoms with Gasteiger partial charge in [0.2, 0.25) is 11.8 Å². The summed E-state index contributed by atoms with van der Waals surface area (Å²) in [6.07, 6.45) is 2.61. The van der Waals surface area contributed by atoms with Crippen LogP contribution < -0.4 is 4.74 Å². The lowest BCUT2D eigenvalue weighted by Crippen LogP contribution is -2.36. The average Bonchev–Trinajstić information content (AvgIpc) is 3.38. The lowest BCUT2D eigenvalue weighted by molar-refractivity contribution is -0.129. The molecule has 2 saturated heterocycles. The van der Waals surface area contributed by atoms with Crippen molar-refractivity contribution < 1.29 is 14.3 Å². The Kier molecular flexibility index (Phi) is 6.24. The Hall–Kier alpha value is -2.53. The molecule has 0 bridgehead atoms. The molecule has 4 rings (SSSR count). The van der Waals surface area contributed by atoms with Crippen molar-refractivity contribution in [1.29, 1.82) is 0 Å². The number of methoxy groups -OCH3 is 1.